The highest BCUT2D eigenvalue weighted by molar-refractivity contribution is 5.67. The average molecular weight is 295 g/mol. The van der Waals surface area contributed by atoms with Crippen molar-refractivity contribution < 1.29 is 20.1 Å². The van der Waals surface area contributed by atoms with Crippen LogP contribution < -0.4 is 5.32 Å². The Balaban J connectivity index is 2.72. The van der Waals surface area contributed by atoms with Crippen molar-refractivity contribution in [2.24, 2.45) is 0 Å². The number of nitrogens with one attached hydrogen (secondary N) is 1. The molecule has 1 aromatic carbocycles. The van der Waals surface area contributed by atoms with Crippen LogP contribution in [0.1, 0.15) is 43.4 Å². The molecule has 1 aromatic rings. The van der Waals surface area contributed by atoms with Crippen molar-refractivity contribution in [3.8, 4) is 0 Å². The zero-order chi connectivity index (χ0) is 15.7. The molecule has 5 nitrogen and oxygen atoms in total. The van der Waals surface area contributed by atoms with Crippen LogP contribution in [0.4, 0.5) is 0 Å². The third-order valence-corrected chi connectivity index (χ3v) is 3.38. The Morgan fingerprint density at radius 2 is 1.95 bits per heavy atom. The van der Waals surface area contributed by atoms with E-state index >= 15 is 0 Å². The molecule has 0 bridgehead atoms. The standard InChI is InChI=1S/C16H25NO4/c1-2-4-12-5-7-13(8-6-12)16(21)14(11-15(19)20)17-9-3-10-18/h5-8,14,16-18,21H,2-4,9-11H2,1H3,(H,19,20). The molecule has 1 rings (SSSR count). The molecule has 0 aromatic heterocycles. The zero-order valence-electron chi connectivity index (χ0n) is 12.5. The van der Waals surface area contributed by atoms with Gasteiger partial charge in [0.25, 0.3) is 0 Å². The van der Waals surface area contributed by atoms with Gasteiger partial charge in [0.2, 0.25) is 0 Å². The lowest BCUT2D eigenvalue weighted by Gasteiger charge is -2.23. The maximum absolute atomic E-state index is 10.9. The van der Waals surface area contributed by atoms with Gasteiger partial charge in [0.15, 0.2) is 0 Å². The number of benzene rings is 1. The number of aryl methyl sites for hydroxylation is 1. The van der Waals surface area contributed by atoms with Crippen LogP contribution in [0.2, 0.25) is 0 Å². The van der Waals surface area contributed by atoms with Crippen molar-refractivity contribution in [1.29, 1.82) is 0 Å². The lowest BCUT2D eigenvalue weighted by Crippen LogP contribution is -2.37. The summed E-state index contributed by atoms with van der Waals surface area (Å²) in [5.74, 6) is -0.960. The average Bonchev–Trinajstić information content (AvgIpc) is 2.46. The van der Waals surface area contributed by atoms with Gasteiger partial charge in [0.05, 0.1) is 12.5 Å². The summed E-state index contributed by atoms with van der Waals surface area (Å²) in [7, 11) is 0. The Kier molecular flexibility index (Phi) is 7.97. The molecule has 0 radical (unpaired) electrons. The lowest BCUT2D eigenvalue weighted by molar-refractivity contribution is -0.138. The molecule has 0 saturated heterocycles. The number of hydrogen-bond acceptors (Lipinski definition) is 4. The smallest absolute Gasteiger partial charge is 0.305 e. The van der Waals surface area contributed by atoms with E-state index in [0.29, 0.717) is 18.5 Å². The van der Waals surface area contributed by atoms with Gasteiger partial charge in [-0.3, -0.25) is 4.79 Å². The van der Waals surface area contributed by atoms with Crippen LogP contribution in [0.25, 0.3) is 0 Å². The van der Waals surface area contributed by atoms with Crippen LogP contribution in [-0.2, 0) is 11.2 Å². The second kappa shape index (κ2) is 9.50. The van der Waals surface area contributed by atoms with E-state index in [0.717, 1.165) is 12.8 Å². The minimum atomic E-state index is -0.960. The fraction of sp³-hybridized carbons (Fsp3) is 0.562. The summed E-state index contributed by atoms with van der Waals surface area (Å²) in [4.78, 5) is 10.9. The molecular formula is C16H25NO4. The number of aliphatic carboxylic acids is 1. The third kappa shape index (κ3) is 6.25. The molecule has 0 aliphatic carbocycles. The lowest BCUT2D eigenvalue weighted by atomic mass is 9.97. The molecular weight excluding hydrogens is 270 g/mol. The number of carbonyl (C=O) groups is 1. The van der Waals surface area contributed by atoms with E-state index in [1.165, 1.54) is 5.56 Å². The maximum atomic E-state index is 10.9. The Labute approximate surface area is 125 Å². The Morgan fingerprint density at radius 1 is 1.29 bits per heavy atom. The summed E-state index contributed by atoms with van der Waals surface area (Å²) in [5.41, 5.74) is 1.91. The van der Waals surface area contributed by atoms with E-state index in [4.69, 9.17) is 10.2 Å². The number of carboxylic acids is 1. The summed E-state index contributed by atoms with van der Waals surface area (Å²) >= 11 is 0. The molecule has 118 valence electrons. The highest BCUT2D eigenvalue weighted by atomic mass is 16.4. The van der Waals surface area contributed by atoms with Gasteiger partial charge in [0, 0.05) is 12.6 Å². The number of rotatable bonds is 10. The van der Waals surface area contributed by atoms with E-state index in [1.807, 2.05) is 24.3 Å². The van der Waals surface area contributed by atoms with E-state index in [1.54, 1.807) is 0 Å². The fourth-order valence-electron chi connectivity index (χ4n) is 2.25. The zero-order valence-corrected chi connectivity index (χ0v) is 12.5. The van der Waals surface area contributed by atoms with E-state index in [-0.39, 0.29) is 13.0 Å². The van der Waals surface area contributed by atoms with Gasteiger partial charge in [-0.1, -0.05) is 37.6 Å². The highest BCUT2D eigenvalue weighted by Gasteiger charge is 2.23. The minimum Gasteiger partial charge on any atom is -0.481 e. The van der Waals surface area contributed by atoms with Crippen molar-refractivity contribution in [3.63, 3.8) is 0 Å². The Bertz CT molecular complexity index is 419. The quantitative estimate of drug-likeness (QED) is 0.491. The summed E-state index contributed by atoms with van der Waals surface area (Å²) in [6.07, 6.45) is 1.54. The molecule has 2 unspecified atom stereocenters. The molecule has 5 heteroatoms. The number of hydrogen-bond donors (Lipinski definition) is 4. The molecule has 0 aliphatic rings. The summed E-state index contributed by atoms with van der Waals surface area (Å²) in [5, 5.41) is 31.1. The van der Waals surface area contributed by atoms with E-state index in [9.17, 15) is 9.90 Å². The number of aliphatic hydroxyl groups excluding tert-OH is 2. The largest absolute Gasteiger partial charge is 0.481 e. The normalized spacial score (nSPS) is 13.9. The van der Waals surface area contributed by atoms with Crippen molar-refractivity contribution in [1.82, 2.24) is 5.32 Å². The van der Waals surface area contributed by atoms with Crippen LogP contribution in [-0.4, -0.2) is 40.5 Å². The third-order valence-electron chi connectivity index (χ3n) is 3.38. The maximum Gasteiger partial charge on any atom is 0.305 e. The first-order chi connectivity index (χ1) is 10.1. The first-order valence-corrected chi connectivity index (χ1v) is 7.41. The van der Waals surface area contributed by atoms with Crippen LogP contribution in [0.3, 0.4) is 0 Å². The summed E-state index contributed by atoms with van der Waals surface area (Å²) in [6, 6.07) is 7.06. The first kappa shape index (κ1) is 17.6. The van der Waals surface area contributed by atoms with Crippen molar-refractivity contribution in [2.75, 3.05) is 13.2 Å². The molecule has 0 fully saturated rings. The molecule has 0 amide bonds. The van der Waals surface area contributed by atoms with Gasteiger partial charge >= 0.3 is 5.97 Å². The fourth-order valence-corrected chi connectivity index (χ4v) is 2.25. The minimum absolute atomic E-state index is 0.0363. The molecule has 2 atom stereocenters. The summed E-state index contributed by atoms with van der Waals surface area (Å²) in [6.45, 7) is 2.62. The number of aliphatic hydroxyl groups is 2. The predicted molar refractivity (Wildman–Crippen MR) is 81.1 cm³/mol. The topological polar surface area (TPSA) is 89.8 Å². The molecule has 21 heavy (non-hydrogen) atoms. The van der Waals surface area contributed by atoms with Crippen molar-refractivity contribution >= 4 is 5.97 Å². The monoisotopic (exact) mass is 295 g/mol. The number of carboxylic acid groups (broad SMARTS) is 1. The van der Waals surface area contributed by atoms with Crippen molar-refractivity contribution in [2.45, 2.75) is 44.8 Å². The van der Waals surface area contributed by atoms with Gasteiger partial charge in [0.1, 0.15) is 0 Å². The molecule has 0 saturated carbocycles. The van der Waals surface area contributed by atoms with E-state index in [2.05, 4.69) is 12.2 Å². The van der Waals surface area contributed by atoms with Gasteiger partial charge in [-0.15, -0.1) is 0 Å². The first-order valence-electron chi connectivity index (χ1n) is 7.41. The molecule has 0 aliphatic heterocycles. The predicted octanol–water partition coefficient (Wildman–Crippen LogP) is 1.49. The highest BCUT2D eigenvalue weighted by Crippen LogP contribution is 2.20. The second-order valence-corrected chi connectivity index (χ2v) is 5.17. The van der Waals surface area contributed by atoms with Gasteiger partial charge in [-0.05, 0) is 30.5 Å². The van der Waals surface area contributed by atoms with Crippen LogP contribution in [0, 0.1) is 0 Å². The Morgan fingerprint density at radius 3 is 2.48 bits per heavy atom. The van der Waals surface area contributed by atoms with Gasteiger partial charge in [-0.25, -0.2) is 0 Å². The second-order valence-electron chi connectivity index (χ2n) is 5.17. The van der Waals surface area contributed by atoms with Crippen LogP contribution >= 0.6 is 0 Å². The van der Waals surface area contributed by atoms with Crippen LogP contribution in [0.15, 0.2) is 24.3 Å². The van der Waals surface area contributed by atoms with Crippen molar-refractivity contribution in [3.05, 3.63) is 35.4 Å². The van der Waals surface area contributed by atoms with Crippen LogP contribution in [0.5, 0.6) is 0 Å². The SMILES string of the molecule is CCCc1ccc(C(O)C(CC(=O)O)NCCCO)cc1. The molecule has 0 spiro atoms. The Hall–Kier alpha value is -1.43. The van der Waals surface area contributed by atoms with E-state index < -0.39 is 18.1 Å². The van der Waals surface area contributed by atoms with Gasteiger partial charge in [-0.2, -0.15) is 0 Å². The summed E-state index contributed by atoms with van der Waals surface area (Å²) < 4.78 is 0. The molecule has 4 N–H and O–H groups in total. The molecule has 0 heterocycles. The van der Waals surface area contributed by atoms with Gasteiger partial charge < -0.3 is 20.6 Å².